The van der Waals surface area contributed by atoms with Crippen molar-refractivity contribution in [3.63, 3.8) is 0 Å². The first kappa shape index (κ1) is 17.1. The third-order valence-electron chi connectivity index (χ3n) is 4.60. The maximum atomic E-state index is 12.5. The average Bonchev–Trinajstić information content (AvgIpc) is 3.34. The van der Waals surface area contributed by atoms with Crippen LogP contribution < -0.4 is 4.74 Å². The van der Waals surface area contributed by atoms with Gasteiger partial charge in [0.05, 0.1) is 17.5 Å². The molecule has 6 heteroatoms. The van der Waals surface area contributed by atoms with Crippen molar-refractivity contribution in [3.05, 3.63) is 29.3 Å². The van der Waals surface area contributed by atoms with Crippen molar-refractivity contribution in [1.82, 2.24) is 9.80 Å². The zero-order valence-corrected chi connectivity index (χ0v) is 14.7. The zero-order valence-electron chi connectivity index (χ0n) is 13.9. The molecule has 1 saturated carbocycles. The molecule has 0 aromatic heterocycles. The van der Waals surface area contributed by atoms with E-state index in [0.717, 1.165) is 19.3 Å². The first-order chi connectivity index (χ1) is 11.6. The highest BCUT2D eigenvalue weighted by atomic mass is 35.5. The number of carbonyl (C=O) groups excluding carboxylic acids is 2. The van der Waals surface area contributed by atoms with Crippen LogP contribution in [-0.2, 0) is 9.59 Å². The molecule has 1 aromatic rings. The van der Waals surface area contributed by atoms with Crippen LogP contribution >= 0.6 is 11.6 Å². The van der Waals surface area contributed by atoms with E-state index in [2.05, 4.69) is 0 Å². The van der Waals surface area contributed by atoms with Crippen LogP contribution in [0.1, 0.15) is 25.7 Å². The second-order valence-electron chi connectivity index (χ2n) is 6.57. The van der Waals surface area contributed by atoms with E-state index < -0.39 is 0 Å². The molecule has 1 aliphatic carbocycles. The summed E-state index contributed by atoms with van der Waals surface area (Å²) in [7, 11) is 1.79. The Kier molecular flexibility index (Phi) is 5.29. The van der Waals surface area contributed by atoms with Gasteiger partial charge < -0.3 is 14.5 Å². The Hall–Kier alpha value is -1.75. The van der Waals surface area contributed by atoms with Crippen molar-refractivity contribution in [2.75, 3.05) is 26.7 Å². The molecule has 1 aromatic carbocycles. The highest BCUT2D eigenvalue weighted by Crippen LogP contribution is 2.33. The lowest BCUT2D eigenvalue weighted by Gasteiger charge is -2.21. The van der Waals surface area contributed by atoms with Crippen molar-refractivity contribution >= 4 is 23.4 Å². The summed E-state index contributed by atoms with van der Waals surface area (Å²) in [6.07, 6.45) is 3.25. The summed E-state index contributed by atoms with van der Waals surface area (Å²) < 4.78 is 5.63. The maximum absolute atomic E-state index is 12.5. The summed E-state index contributed by atoms with van der Waals surface area (Å²) in [5.41, 5.74) is 0. The molecular formula is C18H23ClN2O3. The number of benzene rings is 1. The van der Waals surface area contributed by atoms with Crippen LogP contribution in [0.5, 0.6) is 5.75 Å². The number of ether oxygens (including phenoxy) is 1. The molecule has 1 heterocycles. The Balaban J connectivity index is 1.40. The molecule has 1 saturated heterocycles. The highest BCUT2D eigenvalue weighted by Gasteiger charge is 2.42. The summed E-state index contributed by atoms with van der Waals surface area (Å²) in [4.78, 5) is 28.0. The van der Waals surface area contributed by atoms with Gasteiger partial charge in [-0.25, -0.2) is 0 Å². The number of hydrogen-bond acceptors (Lipinski definition) is 3. The standard InChI is InChI=1S/C18H23ClN2O3/c1-20(9-4-10-24-16-6-3-2-5-15(16)19)18(23)13-11-17(22)21(12-13)14-7-8-14/h2-3,5-6,13-14H,4,7-12H2,1H3. The molecule has 0 bridgehead atoms. The van der Waals surface area contributed by atoms with Gasteiger partial charge in [-0.3, -0.25) is 9.59 Å². The van der Waals surface area contributed by atoms with Crippen molar-refractivity contribution < 1.29 is 14.3 Å². The molecular weight excluding hydrogens is 328 g/mol. The molecule has 1 unspecified atom stereocenters. The van der Waals surface area contributed by atoms with E-state index in [9.17, 15) is 9.59 Å². The van der Waals surface area contributed by atoms with E-state index in [-0.39, 0.29) is 17.7 Å². The van der Waals surface area contributed by atoms with Gasteiger partial charge in [0.2, 0.25) is 11.8 Å². The predicted octanol–water partition coefficient (Wildman–Crippen LogP) is 2.58. The lowest BCUT2D eigenvalue weighted by atomic mass is 10.1. The molecule has 5 nitrogen and oxygen atoms in total. The van der Waals surface area contributed by atoms with Gasteiger partial charge >= 0.3 is 0 Å². The average molecular weight is 351 g/mol. The van der Waals surface area contributed by atoms with Gasteiger partial charge in [-0.15, -0.1) is 0 Å². The van der Waals surface area contributed by atoms with E-state index in [4.69, 9.17) is 16.3 Å². The third-order valence-corrected chi connectivity index (χ3v) is 4.92. The number of amides is 2. The number of nitrogens with zero attached hydrogens (tertiary/aromatic N) is 2. The van der Waals surface area contributed by atoms with Crippen molar-refractivity contribution in [2.45, 2.75) is 31.7 Å². The minimum atomic E-state index is -0.187. The molecule has 0 radical (unpaired) electrons. The topological polar surface area (TPSA) is 49.9 Å². The maximum Gasteiger partial charge on any atom is 0.227 e. The highest BCUT2D eigenvalue weighted by molar-refractivity contribution is 6.32. The second kappa shape index (κ2) is 7.43. The SMILES string of the molecule is CN(CCCOc1ccccc1Cl)C(=O)C1CC(=O)N(C2CC2)C1. The van der Waals surface area contributed by atoms with Crippen LogP contribution in [0.2, 0.25) is 5.02 Å². The van der Waals surface area contributed by atoms with E-state index in [1.54, 1.807) is 18.0 Å². The Morgan fingerprint density at radius 1 is 1.38 bits per heavy atom. The molecule has 3 rings (SSSR count). The first-order valence-electron chi connectivity index (χ1n) is 8.48. The summed E-state index contributed by atoms with van der Waals surface area (Å²) in [6.45, 7) is 1.69. The number of halogens is 1. The minimum absolute atomic E-state index is 0.0595. The summed E-state index contributed by atoms with van der Waals surface area (Å²) in [5, 5.41) is 0.589. The van der Waals surface area contributed by atoms with E-state index in [0.29, 0.717) is 42.9 Å². The fourth-order valence-corrected chi connectivity index (χ4v) is 3.29. The zero-order chi connectivity index (χ0) is 17.1. The number of likely N-dealkylation sites (tertiary alicyclic amines) is 1. The molecule has 2 aliphatic rings. The third kappa shape index (κ3) is 4.01. The van der Waals surface area contributed by atoms with Gasteiger partial charge in [-0.1, -0.05) is 23.7 Å². The quantitative estimate of drug-likeness (QED) is 0.710. The summed E-state index contributed by atoms with van der Waals surface area (Å²) in [5.74, 6) is 0.665. The van der Waals surface area contributed by atoms with Crippen molar-refractivity contribution in [3.8, 4) is 5.75 Å². The van der Waals surface area contributed by atoms with E-state index in [1.807, 2.05) is 23.1 Å². The lowest BCUT2D eigenvalue weighted by Crippen LogP contribution is -2.36. The number of rotatable bonds is 7. The van der Waals surface area contributed by atoms with Crippen LogP contribution in [0.3, 0.4) is 0 Å². The fourth-order valence-electron chi connectivity index (χ4n) is 3.10. The molecule has 0 spiro atoms. The molecule has 0 N–H and O–H groups in total. The molecule has 1 aliphatic heterocycles. The van der Waals surface area contributed by atoms with Crippen LogP contribution in [0.15, 0.2) is 24.3 Å². The largest absolute Gasteiger partial charge is 0.492 e. The van der Waals surface area contributed by atoms with Crippen molar-refractivity contribution in [2.24, 2.45) is 5.92 Å². The molecule has 24 heavy (non-hydrogen) atoms. The van der Waals surface area contributed by atoms with Crippen LogP contribution in [0.25, 0.3) is 0 Å². The normalized spacial score (nSPS) is 20.3. The molecule has 130 valence electrons. The van der Waals surface area contributed by atoms with Crippen LogP contribution in [0.4, 0.5) is 0 Å². The molecule has 1 atom stereocenters. The van der Waals surface area contributed by atoms with Crippen molar-refractivity contribution in [1.29, 1.82) is 0 Å². The fraction of sp³-hybridized carbons (Fsp3) is 0.556. The number of hydrogen-bond donors (Lipinski definition) is 0. The molecule has 2 fully saturated rings. The molecule has 2 amide bonds. The smallest absolute Gasteiger partial charge is 0.227 e. The first-order valence-corrected chi connectivity index (χ1v) is 8.86. The monoisotopic (exact) mass is 350 g/mol. The van der Waals surface area contributed by atoms with Gasteiger partial charge in [0, 0.05) is 32.6 Å². The van der Waals surface area contributed by atoms with Gasteiger partial charge in [-0.2, -0.15) is 0 Å². The Labute approximate surface area is 147 Å². The van der Waals surface area contributed by atoms with E-state index >= 15 is 0 Å². The summed E-state index contributed by atoms with van der Waals surface area (Å²) >= 11 is 6.03. The second-order valence-corrected chi connectivity index (χ2v) is 6.98. The van der Waals surface area contributed by atoms with Gasteiger partial charge in [0.15, 0.2) is 0 Å². The van der Waals surface area contributed by atoms with E-state index in [1.165, 1.54) is 0 Å². The lowest BCUT2D eigenvalue weighted by molar-refractivity contribution is -0.134. The predicted molar refractivity (Wildman–Crippen MR) is 92.0 cm³/mol. The van der Waals surface area contributed by atoms with Gasteiger partial charge in [-0.05, 0) is 31.4 Å². The van der Waals surface area contributed by atoms with Crippen LogP contribution in [-0.4, -0.2) is 54.4 Å². The van der Waals surface area contributed by atoms with Crippen LogP contribution in [0, 0.1) is 5.92 Å². The number of para-hydroxylation sites is 1. The summed E-state index contributed by atoms with van der Waals surface area (Å²) in [6, 6.07) is 7.74. The Bertz CT molecular complexity index is 618. The minimum Gasteiger partial charge on any atom is -0.492 e. The number of carbonyl (C=O) groups is 2. The van der Waals surface area contributed by atoms with Gasteiger partial charge in [0.1, 0.15) is 5.75 Å². The Morgan fingerprint density at radius 3 is 2.83 bits per heavy atom. The Morgan fingerprint density at radius 2 is 2.12 bits per heavy atom. The van der Waals surface area contributed by atoms with Gasteiger partial charge in [0.25, 0.3) is 0 Å².